The molecule has 1 aromatic rings. The number of sulfonamides is 1. The van der Waals surface area contributed by atoms with Gasteiger partial charge in [0, 0.05) is 39.5 Å². The highest BCUT2D eigenvalue weighted by Crippen LogP contribution is 2.16. The second-order valence-electron chi connectivity index (χ2n) is 4.12. The largest absolute Gasteiger partial charge is 0.383 e. The fourth-order valence-corrected chi connectivity index (χ4v) is 2.61. The standard InChI is InChI=1S/C12H21N3O3S/c1-4-6-13-12-10-11(5-7-14-12)19(16,17)15(2)8-9-18-3/h5,7,10H,4,6,8-9H2,1-3H3,(H,13,14). The van der Waals surface area contributed by atoms with Crippen molar-refractivity contribution in [3.8, 4) is 0 Å². The van der Waals surface area contributed by atoms with Crippen LogP contribution in [-0.4, -0.2) is 51.6 Å². The number of methoxy groups -OCH3 is 1. The second-order valence-corrected chi connectivity index (χ2v) is 6.17. The number of ether oxygens (including phenoxy) is 1. The van der Waals surface area contributed by atoms with E-state index in [1.807, 2.05) is 6.92 Å². The van der Waals surface area contributed by atoms with Crippen molar-refractivity contribution in [3.05, 3.63) is 18.3 Å². The summed E-state index contributed by atoms with van der Waals surface area (Å²) >= 11 is 0. The van der Waals surface area contributed by atoms with Crippen LogP contribution in [0.4, 0.5) is 5.82 Å². The van der Waals surface area contributed by atoms with Crippen LogP contribution >= 0.6 is 0 Å². The molecule has 1 heterocycles. The van der Waals surface area contributed by atoms with Gasteiger partial charge in [-0.2, -0.15) is 4.31 Å². The number of nitrogens with zero attached hydrogens (tertiary/aromatic N) is 2. The minimum absolute atomic E-state index is 0.236. The number of aromatic nitrogens is 1. The predicted molar refractivity (Wildman–Crippen MR) is 74.7 cm³/mol. The summed E-state index contributed by atoms with van der Waals surface area (Å²) in [5.41, 5.74) is 0. The molecule has 108 valence electrons. The maximum Gasteiger partial charge on any atom is 0.243 e. The first-order chi connectivity index (χ1) is 9.02. The molecule has 0 fully saturated rings. The highest BCUT2D eigenvalue weighted by Gasteiger charge is 2.20. The molecule has 0 spiro atoms. The van der Waals surface area contributed by atoms with E-state index in [1.54, 1.807) is 13.2 Å². The first kappa shape index (κ1) is 15.9. The Morgan fingerprint density at radius 2 is 2.21 bits per heavy atom. The van der Waals surface area contributed by atoms with E-state index < -0.39 is 10.0 Å². The Morgan fingerprint density at radius 1 is 1.47 bits per heavy atom. The van der Waals surface area contributed by atoms with Gasteiger partial charge in [0.2, 0.25) is 10.0 Å². The highest BCUT2D eigenvalue weighted by atomic mass is 32.2. The van der Waals surface area contributed by atoms with E-state index >= 15 is 0 Å². The van der Waals surface area contributed by atoms with Crippen LogP contribution in [0, 0.1) is 0 Å². The zero-order valence-electron chi connectivity index (χ0n) is 11.6. The van der Waals surface area contributed by atoms with Gasteiger partial charge in [0.05, 0.1) is 11.5 Å². The highest BCUT2D eigenvalue weighted by molar-refractivity contribution is 7.89. The first-order valence-electron chi connectivity index (χ1n) is 6.17. The van der Waals surface area contributed by atoms with Crippen LogP contribution < -0.4 is 5.32 Å². The molecule has 0 radical (unpaired) electrons. The lowest BCUT2D eigenvalue weighted by atomic mass is 10.4. The Kier molecular flexibility index (Phi) is 6.20. The molecule has 6 nitrogen and oxygen atoms in total. The molecule has 0 saturated carbocycles. The minimum atomic E-state index is -3.49. The summed E-state index contributed by atoms with van der Waals surface area (Å²) in [6, 6.07) is 3.05. The van der Waals surface area contributed by atoms with Crippen molar-refractivity contribution in [3.63, 3.8) is 0 Å². The lowest BCUT2D eigenvalue weighted by Crippen LogP contribution is -2.30. The SMILES string of the molecule is CCCNc1cc(S(=O)(=O)N(C)CCOC)ccn1. The molecule has 1 aromatic heterocycles. The number of likely N-dealkylation sites (N-methyl/N-ethyl adjacent to an activating group) is 1. The van der Waals surface area contributed by atoms with Gasteiger partial charge in [0.15, 0.2) is 0 Å². The zero-order valence-corrected chi connectivity index (χ0v) is 12.4. The second kappa shape index (κ2) is 7.42. The van der Waals surface area contributed by atoms with Crippen LogP contribution in [0.1, 0.15) is 13.3 Å². The molecule has 0 unspecified atom stereocenters. The molecule has 1 rings (SSSR count). The van der Waals surface area contributed by atoms with E-state index in [9.17, 15) is 8.42 Å². The van der Waals surface area contributed by atoms with Gasteiger partial charge in [-0.25, -0.2) is 13.4 Å². The topological polar surface area (TPSA) is 71.5 Å². The van der Waals surface area contributed by atoms with E-state index in [2.05, 4.69) is 10.3 Å². The number of hydrogen-bond donors (Lipinski definition) is 1. The van der Waals surface area contributed by atoms with Crippen LogP contribution in [0.2, 0.25) is 0 Å². The lowest BCUT2D eigenvalue weighted by molar-refractivity contribution is 0.185. The monoisotopic (exact) mass is 287 g/mol. The summed E-state index contributed by atoms with van der Waals surface area (Å²) < 4.78 is 30.7. The maximum absolute atomic E-state index is 12.3. The fourth-order valence-electron chi connectivity index (χ4n) is 1.44. The van der Waals surface area contributed by atoms with Crippen LogP contribution in [0.3, 0.4) is 0 Å². The average Bonchev–Trinajstić information content (AvgIpc) is 2.42. The fraction of sp³-hybridized carbons (Fsp3) is 0.583. The van der Waals surface area contributed by atoms with Crippen LogP contribution in [-0.2, 0) is 14.8 Å². The van der Waals surface area contributed by atoms with Gasteiger partial charge in [-0.05, 0) is 12.5 Å². The molecule has 0 amide bonds. The average molecular weight is 287 g/mol. The third kappa shape index (κ3) is 4.45. The first-order valence-corrected chi connectivity index (χ1v) is 7.61. The summed E-state index contributed by atoms with van der Waals surface area (Å²) in [6.45, 7) is 3.47. The van der Waals surface area contributed by atoms with Gasteiger partial charge in [-0.15, -0.1) is 0 Å². The van der Waals surface area contributed by atoms with Crippen molar-refractivity contribution in [2.24, 2.45) is 0 Å². The number of anilines is 1. The van der Waals surface area contributed by atoms with Crippen molar-refractivity contribution >= 4 is 15.8 Å². The van der Waals surface area contributed by atoms with E-state index in [-0.39, 0.29) is 4.90 Å². The molecule has 7 heteroatoms. The summed E-state index contributed by atoms with van der Waals surface area (Å²) in [5, 5.41) is 3.07. The van der Waals surface area contributed by atoms with Crippen LogP contribution in [0.5, 0.6) is 0 Å². The molecular formula is C12H21N3O3S. The molecule has 0 aliphatic rings. The smallest absolute Gasteiger partial charge is 0.243 e. The van der Waals surface area contributed by atoms with Crippen LogP contribution in [0.25, 0.3) is 0 Å². The molecule has 0 saturated heterocycles. The van der Waals surface area contributed by atoms with E-state index in [4.69, 9.17) is 4.74 Å². The van der Waals surface area contributed by atoms with E-state index in [1.165, 1.54) is 23.6 Å². The van der Waals surface area contributed by atoms with E-state index in [0.29, 0.717) is 19.0 Å². The maximum atomic E-state index is 12.3. The van der Waals surface area contributed by atoms with Gasteiger partial charge < -0.3 is 10.1 Å². The number of rotatable bonds is 8. The van der Waals surface area contributed by atoms with Gasteiger partial charge in [0.25, 0.3) is 0 Å². The number of hydrogen-bond acceptors (Lipinski definition) is 5. The molecule has 0 bridgehead atoms. The molecule has 0 aromatic carbocycles. The summed E-state index contributed by atoms with van der Waals surface area (Å²) in [5.74, 6) is 0.572. The quantitative estimate of drug-likeness (QED) is 0.777. The Morgan fingerprint density at radius 3 is 2.84 bits per heavy atom. The third-order valence-electron chi connectivity index (χ3n) is 2.61. The Balaban J connectivity index is 2.88. The van der Waals surface area contributed by atoms with Crippen molar-refractivity contribution in [1.82, 2.24) is 9.29 Å². The Labute approximate surface area is 114 Å². The van der Waals surface area contributed by atoms with E-state index in [0.717, 1.165) is 13.0 Å². The molecule has 0 atom stereocenters. The van der Waals surface area contributed by atoms with Gasteiger partial charge in [-0.3, -0.25) is 0 Å². The molecule has 1 N–H and O–H groups in total. The Bertz CT molecular complexity index is 491. The summed E-state index contributed by atoms with van der Waals surface area (Å²) in [6.07, 6.45) is 2.45. The van der Waals surface area contributed by atoms with Gasteiger partial charge in [-0.1, -0.05) is 6.92 Å². The van der Waals surface area contributed by atoms with Crippen molar-refractivity contribution in [2.75, 3.05) is 39.2 Å². The molecule has 19 heavy (non-hydrogen) atoms. The van der Waals surface area contributed by atoms with Gasteiger partial charge in [0.1, 0.15) is 5.82 Å². The summed E-state index contributed by atoms with van der Waals surface area (Å²) in [4.78, 5) is 4.33. The molecule has 0 aliphatic carbocycles. The normalized spacial score (nSPS) is 11.8. The lowest BCUT2D eigenvalue weighted by Gasteiger charge is -2.17. The van der Waals surface area contributed by atoms with Gasteiger partial charge >= 0.3 is 0 Å². The van der Waals surface area contributed by atoms with Crippen LogP contribution in [0.15, 0.2) is 23.2 Å². The zero-order chi connectivity index (χ0) is 14.3. The minimum Gasteiger partial charge on any atom is -0.383 e. The summed E-state index contributed by atoms with van der Waals surface area (Å²) in [7, 11) is -0.408. The molecular weight excluding hydrogens is 266 g/mol. The number of pyridine rings is 1. The predicted octanol–water partition coefficient (Wildman–Crippen LogP) is 1.17. The Hall–Kier alpha value is -1.18. The third-order valence-corrected chi connectivity index (χ3v) is 4.46. The molecule has 0 aliphatic heterocycles. The van der Waals surface area contributed by atoms with Crippen molar-refractivity contribution in [2.45, 2.75) is 18.2 Å². The van der Waals surface area contributed by atoms with Crippen molar-refractivity contribution in [1.29, 1.82) is 0 Å². The number of nitrogens with one attached hydrogen (secondary N) is 1. The van der Waals surface area contributed by atoms with Crippen molar-refractivity contribution < 1.29 is 13.2 Å².